The zero-order valence-corrected chi connectivity index (χ0v) is 19.4. The molecule has 0 bridgehead atoms. The molecule has 0 saturated heterocycles. The summed E-state index contributed by atoms with van der Waals surface area (Å²) in [4.78, 5) is 24.6. The van der Waals surface area contributed by atoms with Gasteiger partial charge < -0.3 is 0 Å². The summed E-state index contributed by atoms with van der Waals surface area (Å²) in [6.45, 7) is 6.74. The van der Waals surface area contributed by atoms with Crippen molar-refractivity contribution in [3.05, 3.63) is 29.8 Å². The molecule has 0 aromatic heterocycles. The van der Waals surface area contributed by atoms with Crippen molar-refractivity contribution in [3.8, 4) is 0 Å². The lowest BCUT2D eigenvalue weighted by molar-refractivity contribution is -0.124. The molecule has 2 amide bonds. The van der Waals surface area contributed by atoms with Crippen molar-refractivity contribution in [1.82, 2.24) is 4.31 Å². The Morgan fingerprint density at radius 2 is 1.48 bits per heavy atom. The minimum Gasteiger partial charge on any atom is -0.273 e. The van der Waals surface area contributed by atoms with Crippen LogP contribution in [-0.2, 0) is 14.8 Å². The normalized spacial score (nSPS) is 15.6. The monoisotopic (exact) mass is 439 g/mol. The molecular weight excluding hydrogens is 406 g/mol. The van der Waals surface area contributed by atoms with E-state index >= 15 is 0 Å². The Morgan fingerprint density at radius 3 is 2.07 bits per heavy atom. The van der Waals surface area contributed by atoms with E-state index in [4.69, 9.17) is 0 Å². The van der Waals surface area contributed by atoms with Crippen LogP contribution in [0.25, 0.3) is 0 Å². The highest BCUT2D eigenvalue weighted by atomic mass is 32.2. The van der Waals surface area contributed by atoms with Gasteiger partial charge in [-0.3, -0.25) is 9.59 Å². The van der Waals surface area contributed by atoms with E-state index in [-0.39, 0.29) is 16.9 Å². The van der Waals surface area contributed by atoms with E-state index in [0.29, 0.717) is 15.5 Å². The lowest BCUT2D eigenvalue weighted by Crippen LogP contribution is -2.36. The van der Waals surface area contributed by atoms with Gasteiger partial charge in [0.05, 0.1) is 5.56 Å². The molecule has 1 aromatic carbocycles. The number of benzene rings is 1. The predicted molar refractivity (Wildman–Crippen MR) is 119 cm³/mol. The van der Waals surface area contributed by atoms with Gasteiger partial charge in [0.15, 0.2) is 0 Å². The van der Waals surface area contributed by atoms with Gasteiger partial charge in [-0.25, -0.2) is 8.42 Å². The van der Waals surface area contributed by atoms with Gasteiger partial charge in [0.25, 0.3) is 15.9 Å². The summed E-state index contributed by atoms with van der Waals surface area (Å²) < 4.78 is 25.7. The molecule has 0 atom stereocenters. The number of imide groups is 1. The van der Waals surface area contributed by atoms with Crippen LogP contribution < -0.4 is 0 Å². The molecule has 0 spiro atoms. The highest BCUT2D eigenvalue weighted by Crippen LogP contribution is 2.30. The Labute approximate surface area is 179 Å². The third-order valence-corrected chi connectivity index (χ3v) is 7.99. The Balaban J connectivity index is 1.60. The molecule has 0 unspecified atom stereocenters. The molecule has 0 N–H and O–H groups in total. The SMILES string of the molecule is CC(C)(C)SCCCCCCCCCCC(=O)N1C(=O)c2ccccc2S1(=O)=O. The molecule has 1 aliphatic heterocycles. The number of nitrogens with zero attached hydrogens (tertiary/aromatic N) is 1. The number of carbonyl (C=O) groups is 2. The Kier molecular flexibility index (Phi) is 8.76. The first-order valence-corrected chi connectivity index (χ1v) is 12.9. The zero-order chi connectivity index (χ0) is 21.5. The van der Waals surface area contributed by atoms with Crippen LogP contribution >= 0.6 is 11.8 Å². The van der Waals surface area contributed by atoms with Crippen LogP contribution in [0, 0.1) is 0 Å². The van der Waals surface area contributed by atoms with Crippen LogP contribution in [0.15, 0.2) is 29.2 Å². The van der Waals surface area contributed by atoms with Gasteiger partial charge in [-0.15, -0.1) is 0 Å². The maximum absolute atomic E-state index is 12.5. The van der Waals surface area contributed by atoms with Crippen LogP contribution in [0.3, 0.4) is 0 Å². The Hall–Kier alpha value is -1.34. The average molecular weight is 440 g/mol. The quantitative estimate of drug-likeness (QED) is 0.432. The molecule has 29 heavy (non-hydrogen) atoms. The fourth-order valence-electron chi connectivity index (χ4n) is 3.35. The third-order valence-electron chi connectivity index (χ3n) is 4.87. The number of hydrogen-bond donors (Lipinski definition) is 0. The van der Waals surface area contributed by atoms with Crippen LogP contribution in [0.2, 0.25) is 0 Å². The average Bonchev–Trinajstić information content (AvgIpc) is 2.85. The topological polar surface area (TPSA) is 71.5 Å². The molecule has 2 rings (SSSR count). The van der Waals surface area contributed by atoms with Crippen molar-refractivity contribution >= 4 is 33.6 Å². The summed E-state index contributed by atoms with van der Waals surface area (Å²) in [6.07, 6.45) is 8.69. The van der Waals surface area contributed by atoms with Gasteiger partial charge >= 0.3 is 0 Å². The molecule has 1 aliphatic rings. The second-order valence-electron chi connectivity index (χ2n) is 8.50. The highest BCUT2D eigenvalue weighted by molar-refractivity contribution is 8.00. The minimum absolute atomic E-state index is 0.0701. The first kappa shape index (κ1) is 23.9. The zero-order valence-electron chi connectivity index (χ0n) is 17.8. The first-order chi connectivity index (χ1) is 13.6. The van der Waals surface area contributed by atoms with Crippen LogP contribution in [0.4, 0.5) is 0 Å². The van der Waals surface area contributed by atoms with E-state index in [1.165, 1.54) is 43.6 Å². The third kappa shape index (κ3) is 6.85. The number of thioether (sulfide) groups is 1. The van der Waals surface area contributed by atoms with Gasteiger partial charge in [-0.1, -0.05) is 71.4 Å². The van der Waals surface area contributed by atoms with E-state index in [2.05, 4.69) is 20.8 Å². The van der Waals surface area contributed by atoms with Crippen molar-refractivity contribution in [2.75, 3.05) is 5.75 Å². The summed E-state index contributed by atoms with van der Waals surface area (Å²) in [7, 11) is -4.03. The molecule has 0 aliphatic carbocycles. The molecule has 7 heteroatoms. The van der Waals surface area contributed by atoms with Crippen molar-refractivity contribution in [2.45, 2.75) is 88.2 Å². The van der Waals surface area contributed by atoms with Gasteiger partial charge in [-0.2, -0.15) is 16.1 Å². The van der Waals surface area contributed by atoms with E-state index in [1.54, 1.807) is 12.1 Å². The van der Waals surface area contributed by atoms with E-state index in [9.17, 15) is 18.0 Å². The number of rotatable bonds is 11. The van der Waals surface area contributed by atoms with Crippen molar-refractivity contribution in [1.29, 1.82) is 0 Å². The maximum Gasteiger partial charge on any atom is 0.276 e. The Bertz CT molecular complexity index is 812. The molecule has 162 valence electrons. The summed E-state index contributed by atoms with van der Waals surface area (Å²) in [5, 5.41) is 0. The standard InChI is InChI=1S/C22H33NO4S2/c1-22(2,3)28-17-13-9-7-5-4-6-8-10-16-20(24)23-21(25)18-14-11-12-15-19(18)29(23,26)27/h11-12,14-15H,4-10,13,16-17H2,1-3H3. The summed E-state index contributed by atoms with van der Waals surface area (Å²) in [6, 6.07) is 5.98. The molecule has 5 nitrogen and oxygen atoms in total. The van der Waals surface area contributed by atoms with E-state index in [1.807, 2.05) is 11.8 Å². The highest BCUT2D eigenvalue weighted by Gasteiger charge is 2.44. The van der Waals surface area contributed by atoms with Crippen molar-refractivity contribution in [2.24, 2.45) is 0 Å². The predicted octanol–water partition coefficient (Wildman–Crippen LogP) is 5.40. The van der Waals surface area contributed by atoms with E-state index < -0.39 is 21.8 Å². The largest absolute Gasteiger partial charge is 0.276 e. The van der Waals surface area contributed by atoms with E-state index in [0.717, 1.165) is 19.3 Å². The van der Waals surface area contributed by atoms with Crippen LogP contribution in [0.5, 0.6) is 0 Å². The second-order valence-corrected chi connectivity index (χ2v) is 12.2. The number of amides is 2. The van der Waals surface area contributed by atoms with Gasteiger partial charge in [-0.05, 0) is 30.7 Å². The fourth-order valence-corrected chi connectivity index (χ4v) is 5.87. The lowest BCUT2D eigenvalue weighted by Gasteiger charge is -2.17. The number of carbonyl (C=O) groups excluding carboxylic acids is 2. The fraction of sp³-hybridized carbons (Fsp3) is 0.636. The minimum atomic E-state index is -4.03. The number of sulfonamides is 1. The maximum atomic E-state index is 12.5. The van der Waals surface area contributed by atoms with Gasteiger partial charge in [0.2, 0.25) is 5.91 Å². The van der Waals surface area contributed by atoms with Gasteiger partial charge in [0, 0.05) is 11.2 Å². The number of hydrogen-bond acceptors (Lipinski definition) is 5. The molecule has 0 radical (unpaired) electrons. The molecule has 0 saturated carbocycles. The molecule has 1 heterocycles. The number of fused-ring (bicyclic) bond motifs is 1. The van der Waals surface area contributed by atoms with Crippen molar-refractivity contribution < 1.29 is 18.0 Å². The van der Waals surface area contributed by atoms with Crippen molar-refractivity contribution in [3.63, 3.8) is 0 Å². The summed E-state index contributed by atoms with van der Waals surface area (Å²) in [5.41, 5.74) is 0.0850. The molecule has 0 fully saturated rings. The Morgan fingerprint density at radius 1 is 0.931 bits per heavy atom. The summed E-state index contributed by atoms with van der Waals surface area (Å²) in [5.74, 6) is -0.133. The first-order valence-electron chi connectivity index (χ1n) is 10.5. The lowest BCUT2D eigenvalue weighted by atomic mass is 10.1. The smallest absolute Gasteiger partial charge is 0.273 e. The number of unbranched alkanes of at least 4 members (excludes halogenated alkanes) is 7. The van der Waals surface area contributed by atoms with Crippen LogP contribution in [-0.4, -0.2) is 35.0 Å². The van der Waals surface area contributed by atoms with Gasteiger partial charge in [0.1, 0.15) is 4.90 Å². The second kappa shape index (κ2) is 10.6. The molecule has 1 aromatic rings. The summed E-state index contributed by atoms with van der Waals surface area (Å²) >= 11 is 2.01. The van der Waals surface area contributed by atoms with Crippen LogP contribution in [0.1, 0.15) is 88.9 Å². The molecular formula is C22H33NO4S2.